The summed E-state index contributed by atoms with van der Waals surface area (Å²) in [6, 6.07) is 0. The summed E-state index contributed by atoms with van der Waals surface area (Å²) < 4.78 is 6.09. The van der Waals surface area contributed by atoms with E-state index in [4.69, 9.17) is 10.5 Å². The Balaban J connectivity index is 1.76. The van der Waals surface area contributed by atoms with Crippen LogP contribution in [0.15, 0.2) is 0 Å². The lowest BCUT2D eigenvalue weighted by Gasteiger charge is -2.34. The van der Waals surface area contributed by atoms with E-state index in [1.807, 2.05) is 0 Å². The Morgan fingerprint density at radius 2 is 1.62 bits per heavy atom. The van der Waals surface area contributed by atoms with Crippen molar-refractivity contribution < 1.29 is 4.74 Å². The van der Waals surface area contributed by atoms with Crippen LogP contribution < -0.4 is 5.73 Å². The van der Waals surface area contributed by atoms with E-state index >= 15 is 0 Å². The first kappa shape index (κ1) is 12.4. The largest absolute Gasteiger partial charge is 0.376 e. The predicted molar refractivity (Wildman–Crippen MR) is 67.3 cm³/mol. The highest BCUT2D eigenvalue weighted by molar-refractivity contribution is 4.89. The van der Waals surface area contributed by atoms with Crippen LogP contribution in [-0.4, -0.2) is 18.2 Å². The molecule has 2 unspecified atom stereocenters. The van der Waals surface area contributed by atoms with Gasteiger partial charge in [0.1, 0.15) is 0 Å². The van der Waals surface area contributed by atoms with Gasteiger partial charge < -0.3 is 10.5 Å². The number of hydrogen-bond acceptors (Lipinski definition) is 2. The molecule has 0 radical (unpaired) electrons. The molecule has 0 aromatic heterocycles. The minimum atomic E-state index is 0.00389. The van der Waals surface area contributed by atoms with Gasteiger partial charge in [-0.05, 0) is 43.9 Å². The highest BCUT2D eigenvalue weighted by Crippen LogP contribution is 2.32. The van der Waals surface area contributed by atoms with E-state index in [1.165, 1.54) is 32.1 Å². The third-order valence-electron chi connectivity index (χ3n) is 4.34. The minimum absolute atomic E-state index is 0.00389. The molecule has 16 heavy (non-hydrogen) atoms. The molecule has 2 N–H and O–H groups in total. The quantitative estimate of drug-likeness (QED) is 0.801. The van der Waals surface area contributed by atoms with Gasteiger partial charge in [-0.1, -0.05) is 26.7 Å². The van der Waals surface area contributed by atoms with Gasteiger partial charge in [0.05, 0.1) is 12.7 Å². The molecule has 0 aromatic carbocycles. The first-order chi connectivity index (χ1) is 7.57. The van der Waals surface area contributed by atoms with Gasteiger partial charge in [0.2, 0.25) is 0 Å². The maximum atomic E-state index is 6.32. The summed E-state index contributed by atoms with van der Waals surface area (Å²) in [4.78, 5) is 0. The van der Waals surface area contributed by atoms with E-state index in [2.05, 4.69) is 13.8 Å². The Kier molecular flexibility index (Phi) is 3.91. The summed E-state index contributed by atoms with van der Waals surface area (Å²) in [5.41, 5.74) is 6.32. The van der Waals surface area contributed by atoms with Gasteiger partial charge in [0, 0.05) is 5.54 Å². The van der Waals surface area contributed by atoms with Crippen LogP contribution in [0.25, 0.3) is 0 Å². The molecule has 2 aliphatic carbocycles. The normalized spacial score (nSPS) is 38.8. The van der Waals surface area contributed by atoms with Gasteiger partial charge >= 0.3 is 0 Å². The Morgan fingerprint density at radius 1 is 1.06 bits per heavy atom. The van der Waals surface area contributed by atoms with Gasteiger partial charge in [0.15, 0.2) is 0 Å². The SMILES string of the molecule is CC1CC(C)CC(OCC2(N)CCCC2)C1. The molecule has 0 aromatic rings. The van der Waals surface area contributed by atoms with Crippen LogP contribution in [0.5, 0.6) is 0 Å². The highest BCUT2D eigenvalue weighted by atomic mass is 16.5. The van der Waals surface area contributed by atoms with E-state index in [-0.39, 0.29) is 5.54 Å². The van der Waals surface area contributed by atoms with Crippen molar-refractivity contribution in [2.24, 2.45) is 17.6 Å². The maximum absolute atomic E-state index is 6.32. The molecule has 2 saturated carbocycles. The summed E-state index contributed by atoms with van der Waals surface area (Å²) in [5, 5.41) is 0. The standard InChI is InChI=1S/C14H27NO/c1-11-7-12(2)9-13(8-11)16-10-14(15)5-3-4-6-14/h11-13H,3-10,15H2,1-2H3. The molecule has 0 aliphatic heterocycles. The number of ether oxygens (including phenoxy) is 1. The Labute approximate surface area is 99.9 Å². The lowest BCUT2D eigenvalue weighted by atomic mass is 9.81. The molecule has 0 spiro atoms. The second kappa shape index (κ2) is 5.05. The summed E-state index contributed by atoms with van der Waals surface area (Å²) in [7, 11) is 0. The average Bonchev–Trinajstić information content (AvgIpc) is 2.62. The van der Waals surface area contributed by atoms with Crippen molar-refractivity contribution in [3.8, 4) is 0 Å². The van der Waals surface area contributed by atoms with E-state index in [0.717, 1.165) is 31.3 Å². The summed E-state index contributed by atoms with van der Waals surface area (Å²) in [6.07, 6.45) is 9.21. The molecule has 2 nitrogen and oxygen atoms in total. The third kappa shape index (κ3) is 3.21. The van der Waals surface area contributed by atoms with Gasteiger partial charge in [-0.25, -0.2) is 0 Å². The van der Waals surface area contributed by atoms with Crippen molar-refractivity contribution in [2.45, 2.75) is 70.4 Å². The number of nitrogens with two attached hydrogens (primary N) is 1. The van der Waals surface area contributed by atoms with Crippen LogP contribution in [0.1, 0.15) is 58.8 Å². The molecule has 2 aliphatic rings. The Bertz CT molecular complexity index is 213. The van der Waals surface area contributed by atoms with Crippen molar-refractivity contribution in [1.29, 1.82) is 0 Å². The molecule has 94 valence electrons. The summed E-state index contributed by atoms with van der Waals surface area (Å²) in [5.74, 6) is 1.65. The topological polar surface area (TPSA) is 35.2 Å². The number of hydrogen-bond donors (Lipinski definition) is 1. The first-order valence-electron chi connectivity index (χ1n) is 6.98. The molecule has 2 rings (SSSR count). The molecule has 0 saturated heterocycles. The second-order valence-corrected chi connectivity index (χ2v) is 6.42. The van der Waals surface area contributed by atoms with Crippen molar-refractivity contribution in [2.75, 3.05) is 6.61 Å². The van der Waals surface area contributed by atoms with Crippen LogP contribution in [0, 0.1) is 11.8 Å². The molecule has 0 heterocycles. The van der Waals surface area contributed by atoms with Crippen molar-refractivity contribution in [3.05, 3.63) is 0 Å². The molecule has 2 atom stereocenters. The highest BCUT2D eigenvalue weighted by Gasteiger charge is 2.32. The van der Waals surface area contributed by atoms with Gasteiger partial charge in [-0.2, -0.15) is 0 Å². The fourth-order valence-electron chi connectivity index (χ4n) is 3.52. The third-order valence-corrected chi connectivity index (χ3v) is 4.34. The van der Waals surface area contributed by atoms with E-state index in [9.17, 15) is 0 Å². The maximum Gasteiger partial charge on any atom is 0.0649 e. The zero-order chi connectivity index (χ0) is 11.6. The summed E-state index contributed by atoms with van der Waals surface area (Å²) >= 11 is 0. The van der Waals surface area contributed by atoms with Crippen molar-refractivity contribution in [1.82, 2.24) is 0 Å². The average molecular weight is 225 g/mol. The molecular weight excluding hydrogens is 198 g/mol. The van der Waals surface area contributed by atoms with Crippen LogP contribution in [0.4, 0.5) is 0 Å². The second-order valence-electron chi connectivity index (χ2n) is 6.42. The van der Waals surface area contributed by atoms with Crippen LogP contribution >= 0.6 is 0 Å². The molecule has 0 amide bonds. The smallest absolute Gasteiger partial charge is 0.0649 e. The van der Waals surface area contributed by atoms with Crippen molar-refractivity contribution >= 4 is 0 Å². The van der Waals surface area contributed by atoms with Crippen LogP contribution in [-0.2, 0) is 4.74 Å². The zero-order valence-electron chi connectivity index (χ0n) is 10.9. The number of rotatable bonds is 3. The first-order valence-corrected chi connectivity index (χ1v) is 6.98. The Morgan fingerprint density at radius 3 is 2.19 bits per heavy atom. The van der Waals surface area contributed by atoms with E-state index in [0.29, 0.717) is 6.10 Å². The predicted octanol–water partition coefficient (Wildman–Crippen LogP) is 3.10. The van der Waals surface area contributed by atoms with E-state index < -0.39 is 0 Å². The fraction of sp³-hybridized carbons (Fsp3) is 1.00. The van der Waals surface area contributed by atoms with Crippen LogP contribution in [0.3, 0.4) is 0 Å². The Hall–Kier alpha value is -0.0800. The van der Waals surface area contributed by atoms with Crippen LogP contribution in [0.2, 0.25) is 0 Å². The lowest BCUT2D eigenvalue weighted by molar-refractivity contribution is -0.0211. The van der Waals surface area contributed by atoms with E-state index in [1.54, 1.807) is 0 Å². The van der Waals surface area contributed by atoms with Crippen molar-refractivity contribution in [3.63, 3.8) is 0 Å². The molecular formula is C14H27NO. The van der Waals surface area contributed by atoms with Gasteiger partial charge in [0.25, 0.3) is 0 Å². The molecule has 0 bridgehead atoms. The molecule has 2 heteroatoms. The van der Waals surface area contributed by atoms with Gasteiger partial charge in [-0.3, -0.25) is 0 Å². The molecule has 2 fully saturated rings. The minimum Gasteiger partial charge on any atom is -0.376 e. The zero-order valence-corrected chi connectivity index (χ0v) is 10.9. The summed E-state index contributed by atoms with van der Waals surface area (Å²) in [6.45, 7) is 5.48. The monoisotopic (exact) mass is 225 g/mol. The van der Waals surface area contributed by atoms with Gasteiger partial charge in [-0.15, -0.1) is 0 Å². The lowest BCUT2D eigenvalue weighted by Crippen LogP contribution is -2.43. The fourth-order valence-corrected chi connectivity index (χ4v) is 3.52.